The molecule has 10 heavy (non-hydrogen) atoms. The number of rotatable bonds is 0. The summed E-state index contributed by atoms with van der Waals surface area (Å²) in [5.74, 6) is 0. The Hall–Kier alpha value is -1.29. The van der Waals surface area contributed by atoms with E-state index >= 15 is 0 Å². The molecule has 1 heteroatoms. The molecule has 50 valence electrons. The molecule has 0 bridgehead atoms. The van der Waals surface area contributed by atoms with E-state index in [1.807, 2.05) is 32.0 Å². The fourth-order valence-electron chi connectivity index (χ4n) is 0.939. The normalized spacial score (nSPS) is 8.90. The van der Waals surface area contributed by atoms with Crippen LogP contribution in [-0.2, 0) is 0 Å². The minimum Gasteiger partial charge on any atom is -0.192 e. The summed E-state index contributed by atoms with van der Waals surface area (Å²) in [5.41, 5.74) is 3.03. The van der Waals surface area contributed by atoms with Gasteiger partial charge in [-0.15, -0.1) is 0 Å². The fraction of sp³-hybridized carbons (Fsp3) is 0.222. The molecule has 1 aromatic carbocycles. The highest BCUT2D eigenvalue weighted by atomic mass is 14.2. The van der Waals surface area contributed by atoms with E-state index in [-0.39, 0.29) is 0 Å². The van der Waals surface area contributed by atoms with Gasteiger partial charge in [-0.05, 0) is 25.5 Å². The largest absolute Gasteiger partial charge is 0.192 e. The first kappa shape index (κ1) is 6.82. The second kappa shape index (κ2) is 2.53. The van der Waals surface area contributed by atoms with Gasteiger partial charge in [0, 0.05) is 0 Å². The molecule has 0 aliphatic rings. The van der Waals surface area contributed by atoms with Crippen LogP contribution >= 0.6 is 0 Å². The minimum absolute atomic E-state index is 0.769. The Kier molecular flexibility index (Phi) is 1.73. The maximum atomic E-state index is 8.56. The number of nitriles is 1. The van der Waals surface area contributed by atoms with Gasteiger partial charge >= 0.3 is 0 Å². The van der Waals surface area contributed by atoms with Gasteiger partial charge in [0.15, 0.2) is 0 Å². The van der Waals surface area contributed by atoms with Crippen LogP contribution in [0.4, 0.5) is 0 Å². The second-order valence-electron chi connectivity index (χ2n) is 2.43. The average molecular weight is 131 g/mol. The maximum Gasteiger partial charge on any atom is 0.0994 e. The Bertz CT molecular complexity index is 281. The standard InChI is InChI=1S/C9H9N/c1-7-3-4-9(6-10)8(2)5-7/h3-5H,1-2H3. The third-order valence-corrected chi connectivity index (χ3v) is 1.50. The third kappa shape index (κ3) is 1.16. The number of benzene rings is 1. The lowest BCUT2D eigenvalue weighted by Crippen LogP contribution is -1.81. The van der Waals surface area contributed by atoms with E-state index in [0.717, 1.165) is 11.1 Å². The van der Waals surface area contributed by atoms with E-state index < -0.39 is 0 Å². The van der Waals surface area contributed by atoms with Crippen molar-refractivity contribution in [2.45, 2.75) is 13.8 Å². The summed E-state index contributed by atoms with van der Waals surface area (Å²) in [4.78, 5) is 0. The molecule has 0 spiro atoms. The Morgan fingerprint density at radius 3 is 2.50 bits per heavy atom. The van der Waals surface area contributed by atoms with Crippen LogP contribution in [0.3, 0.4) is 0 Å². The summed E-state index contributed by atoms with van der Waals surface area (Å²) in [5, 5.41) is 8.56. The summed E-state index contributed by atoms with van der Waals surface area (Å²) >= 11 is 0. The van der Waals surface area contributed by atoms with Crippen molar-refractivity contribution in [1.29, 1.82) is 5.26 Å². The first-order chi connectivity index (χ1) is 4.74. The first-order valence-electron chi connectivity index (χ1n) is 3.21. The summed E-state index contributed by atoms with van der Waals surface area (Å²) in [6.45, 7) is 3.97. The molecule has 0 saturated carbocycles. The molecule has 1 rings (SSSR count). The molecular weight excluding hydrogens is 122 g/mol. The summed E-state index contributed by atoms with van der Waals surface area (Å²) in [6.07, 6.45) is 0. The number of hydrogen-bond donors (Lipinski definition) is 0. The topological polar surface area (TPSA) is 23.8 Å². The van der Waals surface area contributed by atoms with E-state index in [4.69, 9.17) is 5.26 Å². The van der Waals surface area contributed by atoms with Crippen molar-refractivity contribution in [2.75, 3.05) is 0 Å². The predicted octanol–water partition coefficient (Wildman–Crippen LogP) is 2.18. The van der Waals surface area contributed by atoms with Crippen molar-refractivity contribution in [3.05, 3.63) is 34.9 Å². The fourth-order valence-corrected chi connectivity index (χ4v) is 0.939. The summed E-state index contributed by atoms with van der Waals surface area (Å²) in [7, 11) is 0. The zero-order valence-electron chi connectivity index (χ0n) is 6.18. The van der Waals surface area contributed by atoms with Crippen molar-refractivity contribution < 1.29 is 0 Å². The molecule has 0 aromatic heterocycles. The van der Waals surface area contributed by atoms with E-state index in [0.29, 0.717) is 0 Å². The average Bonchev–Trinajstić information content (AvgIpc) is 1.88. The van der Waals surface area contributed by atoms with Gasteiger partial charge in [-0.3, -0.25) is 0 Å². The van der Waals surface area contributed by atoms with Crippen LogP contribution in [0.5, 0.6) is 0 Å². The van der Waals surface area contributed by atoms with Gasteiger partial charge in [0.2, 0.25) is 0 Å². The lowest BCUT2D eigenvalue weighted by Gasteiger charge is -1.96. The lowest BCUT2D eigenvalue weighted by atomic mass is 10.1. The van der Waals surface area contributed by atoms with E-state index in [1.165, 1.54) is 5.56 Å². The highest BCUT2D eigenvalue weighted by Crippen LogP contribution is 2.08. The van der Waals surface area contributed by atoms with Crippen LogP contribution in [-0.4, -0.2) is 0 Å². The van der Waals surface area contributed by atoms with Crippen LogP contribution in [0, 0.1) is 25.2 Å². The highest BCUT2D eigenvalue weighted by Gasteiger charge is 1.93. The third-order valence-electron chi connectivity index (χ3n) is 1.50. The van der Waals surface area contributed by atoms with Crippen LogP contribution < -0.4 is 0 Å². The van der Waals surface area contributed by atoms with Gasteiger partial charge in [-0.1, -0.05) is 17.7 Å². The molecule has 0 heterocycles. The molecule has 1 nitrogen and oxygen atoms in total. The molecule has 0 fully saturated rings. The van der Waals surface area contributed by atoms with Gasteiger partial charge < -0.3 is 0 Å². The van der Waals surface area contributed by atoms with Crippen molar-refractivity contribution in [2.24, 2.45) is 0 Å². The number of hydrogen-bond acceptors (Lipinski definition) is 1. The molecule has 0 aliphatic heterocycles. The molecule has 0 unspecified atom stereocenters. The van der Waals surface area contributed by atoms with Crippen LogP contribution in [0.15, 0.2) is 18.2 Å². The quantitative estimate of drug-likeness (QED) is 0.529. The molecule has 0 saturated heterocycles. The van der Waals surface area contributed by atoms with Crippen molar-refractivity contribution in [3.8, 4) is 6.07 Å². The molecule has 0 N–H and O–H groups in total. The molecule has 0 amide bonds. The molecular formula is C9H9N. The Balaban J connectivity index is 3.23. The van der Waals surface area contributed by atoms with Gasteiger partial charge in [0.1, 0.15) is 0 Å². The van der Waals surface area contributed by atoms with E-state index in [2.05, 4.69) is 6.07 Å². The first-order valence-corrected chi connectivity index (χ1v) is 3.21. The van der Waals surface area contributed by atoms with Crippen LogP contribution in [0.25, 0.3) is 0 Å². The smallest absolute Gasteiger partial charge is 0.0994 e. The van der Waals surface area contributed by atoms with Gasteiger partial charge in [0.05, 0.1) is 11.6 Å². The van der Waals surface area contributed by atoms with E-state index in [9.17, 15) is 0 Å². The lowest BCUT2D eigenvalue weighted by molar-refractivity contribution is 1.34. The van der Waals surface area contributed by atoms with Gasteiger partial charge in [-0.2, -0.15) is 5.26 Å². The highest BCUT2D eigenvalue weighted by molar-refractivity contribution is 5.38. The number of nitrogens with zero attached hydrogens (tertiary/aromatic N) is 1. The van der Waals surface area contributed by atoms with Crippen molar-refractivity contribution >= 4 is 0 Å². The van der Waals surface area contributed by atoms with Gasteiger partial charge in [-0.25, -0.2) is 0 Å². The van der Waals surface area contributed by atoms with Crippen molar-refractivity contribution in [1.82, 2.24) is 0 Å². The molecule has 0 radical (unpaired) electrons. The Labute approximate surface area is 60.9 Å². The Morgan fingerprint density at radius 1 is 1.30 bits per heavy atom. The maximum absolute atomic E-state index is 8.56. The summed E-state index contributed by atoms with van der Waals surface area (Å²) in [6, 6.07) is 7.94. The molecule has 1 aromatic rings. The van der Waals surface area contributed by atoms with Crippen LogP contribution in [0.2, 0.25) is 0 Å². The molecule has 0 atom stereocenters. The summed E-state index contributed by atoms with van der Waals surface area (Å²) < 4.78 is 0. The van der Waals surface area contributed by atoms with Crippen LogP contribution in [0.1, 0.15) is 16.7 Å². The SMILES string of the molecule is Cc1ccc(C#N)c(C)c1. The van der Waals surface area contributed by atoms with Crippen molar-refractivity contribution in [3.63, 3.8) is 0 Å². The van der Waals surface area contributed by atoms with Gasteiger partial charge in [0.25, 0.3) is 0 Å². The molecule has 0 aliphatic carbocycles. The Morgan fingerprint density at radius 2 is 2.00 bits per heavy atom. The number of aryl methyl sites for hydroxylation is 2. The van der Waals surface area contributed by atoms with E-state index in [1.54, 1.807) is 0 Å². The predicted molar refractivity (Wildman–Crippen MR) is 40.6 cm³/mol. The zero-order chi connectivity index (χ0) is 7.56. The second-order valence-corrected chi connectivity index (χ2v) is 2.43. The monoisotopic (exact) mass is 131 g/mol. The zero-order valence-corrected chi connectivity index (χ0v) is 6.18. The minimum atomic E-state index is 0.769.